The van der Waals surface area contributed by atoms with Gasteiger partial charge < -0.3 is 15.0 Å². The quantitative estimate of drug-likeness (QED) is 0.766. The summed E-state index contributed by atoms with van der Waals surface area (Å²) >= 11 is 3.37. The number of benzene rings is 2. The van der Waals surface area contributed by atoms with E-state index in [9.17, 15) is 9.59 Å². The Morgan fingerprint density at radius 3 is 2.52 bits per heavy atom. The molecule has 0 aromatic heterocycles. The zero-order valence-corrected chi connectivity index (χ0v) is 15.9. The molecule has 0 atom stereocenters. The molecule has 0 aliphatic rings. The molecule has 0 heterocycles. The Bertz CT molecular complexity index is 749. The van der Waals surface area contributed by atoms with Gasteiger partial charge in [0.2, 0.25) is 11.8 Å². The molecule has 0 saturated heterocycles. The standard InChI is InChI=1S/C19H21BrN2O3/c1-14-7-3-6-10-17(14)25-12-11-19(24)22(2)13-18(23)21-16-9-5-4-8-15(16)20/h3-10H,11-13H2,1-2H3,(H,21,23). The van der Waals surface area contributed by atoms with Gasteiger partial charge in [0.25, 0.3) is 0 Å². The van der Waals surface area contributed by atoms with Gasteiger partial charge in [-0.15, -0.1) is 0 Å². The summed E-state index contributed by atoms with van der Waals surface area (Å²) in [5.74, 6) is 0.378. The lowest BCUT2D eigenvalue weighted by Crippen LogP contribution is -2.35. The Hall–Kier alpha value is -2.34. The molecule has 0 fully saturated rings. The van der Waals surface area contributed by atoms with E-state index in [2.05, 4.69) is 21.2 Å². The number of aryl methyl sites for hydroxylation is 1. The molecule has 0 unspecified atom stereocenters. The first kappa shape index (κ1) is 19.0. The minimum atomic E-state index is -0.248. The molecule has 0 bridgehead atoms. The van der Waals surface area contributed by atoms with Crippen molar-refractivity contribution in [2.75, 3.05) is 25.5 Å². The molecule has 2 rings (SSSR count). The highest BCUT2D eigenvalue weighted by molar-refractivity contribution is 9.10. The summed E-state index contributed by atoms with van der Waals surface area (Å²) in [4.78, 5) is 25.6. The molecular formula is C19H21BrN2O3. The molecular weight excluding hydrogens is 384 g/mol. The Kier molecular flexibility index (Phi) is 7.01. The van der Waals surface area contributed by atoms with Crippen LogP contribution >= 0.6 is 15.9 Å². The predicted molar refractivity (Wildman–Crippen MR) is 102 cm³/mol. The number of hydrogen-bond donors (Lipinski definition) is 1. The number of likely N-dealkylation sites (N-methyl/N-ethyl adjacent to an activating group) is 1. The van der Waals surface area contributed by atoms with E-state index in [0.717, 1.165) is 15.8 Å². The number of carbonyl (C=O) groups excluding carboxylic acids is 2. The maximum Gasteiger partial charge on any atom is 0.244 e. The molecule has 0 spiro atoms. The topological polar surface area (TPSA) is 58.6 Å². The molecule has 0 aliphatic heterocycles. The first-order chi connectivity index (χ1) is 12.0. The van der Waals surface area contributed by atoms with Gasteiger partial charge >= 0.3 is 0 Å². The summed E-state index contributed by atoms with van der Waals surface area (Å²) in [6, 6.07) is 15.0. The largest absolute Gasteiger partial charge is 0.493 e. The number of hydrogen-bond acceptors (Lipinski definition) is 3. The monoisotopic (exact) mass is 404 g/mol. The highest BCUT2D eigenvalue weighted by atomic mass is 79.9. The number of para-hydroxylation sites is 2. The van der Waals surface area contributed by atoms with Gasteiger partial charge in [0.05, 0.1) is 25.3 Å². The number of ether oxygens (including phenoxy) is 1. The van der Waals surface area contributed by atoms with Crippen LogP contribution in [0.5, 0.6) is 5.75 Å². The fraction of sp³-hybridized carbons (Fsp3) is 0.263. The van der Waals surface area contributed by atoms with Crippen molar-refractivity contribution >= 4 is 33.4 Å². The van der Waals surface area contributed by atoms with Crippen LogP contribution in [0.4, 0.5) is 5.69 Å². The van der Waals surface area contributed by atoms with Crippen LogP contribution in [0.3, 0.4) is 0 Å². The van der Waals surface area contributed by atoms with Gasteiger partial charge in [0.15, 0.2) is 0 Å². The van der Waals surface area contributed by atoms with Crippen LogP contribution < -0.4 is 10.1 Å². The maximum atomic E-state index is 12.1. The molecule has 6 heteroatoms. The Labute approximate surface area is 156 Å². The van der Waals surface area contributed by atoms with Gasteiger partial charge in [-0.1, -0.05) is 30.3 Å². The van der Waals surface area contributed by atoms with Crippen molar-refractivity contribution in [3.63, 3.8) is 0 Å². The summed E-state index contributed by atoms with van der Waals surface area (Å²) in [6.45, 7) is 2.22. The van der Waals surface area contributed by atoms with Crippen molar-refractivity contribution in [3.8, 4) is 5.75 Å². The third kappa shape index (κ3) is 5.90. The van der Waals surface area contributed by atoms with E-state index >= 15 is 0 Å². The fourth-order valence-corrected chi connectivity index (χ4v) is 2.60. The van der Waals surface area contributed by atoms with E-state index in [1.807, 2.05) is 49.4 Å². The lowest BCUT2D eigenvalue weighted by molar-refractivity contribution is -0.133. The summed E-state index contributed by atoms with van der Waals surface area (Å²) in [7, 11) is 1.61. The normalized spacial score (nSPS) is 10.2. The summed E-state index contributed by atoms with van der Waals surface area (Å²) < 4.78 is 6.42. The van der Waals surface area contributed by atoms with Gasteiger partial charge in [-0.05, 0) is 46.6 Å². The van der Waals surface area contributed by atoms with Crippen LogP contribution in [0.2, 0.25) is 0 Å². The minimum Gasteiger partial charge on any atom is -0.493 e. The van der Waals surface area contributed by atoms with Gasteiger partial charge in [-0.25, -0.2) is 0 Å². The van der Waals surface area contributed by atoms with Crippen molar-refractivity contribution in [3.05, 3.63) is 58.6 Å². The molecule has 25 heavy (non-hydrogen) atoms. The average Bonchev–Trinajstić information content (AvgIpc) is 2.58. The fourth-order valence-electron chi connectivity index (χ4n) is 2.21. The van der Waals surface area contributed by atoms with Crippen LogP contribution in [-0.2, 0) is 9.59 Å². The van der Waals surface area contributed by atoms with Gasteiger partial charge in [0, 0.05) is 11.5 Å². The summed E-state index contributed by atoms with van der Waals surface area (Å²) in [6.07, 6.45) is 0.215. The highest BCUT2D eigenvalue weighted by Gasteiger charge is 2.14. The Morgan fingerprint density at radius 2 is 1.80 bits per heavy atom. The number of nitrogens with one attached hydrogen (secondary N) is 1. The third-order valence-electron chi connectivity index (χ3n) is 3.62. The smallest absolute Gasteiger partial charge is 0.244 e. The molecule has 0 aliphatic carbocycles. The molecule has 132 valence electrons. The number of rotatable bonds is 7. The van der Waals surface area contributed by atoms with Crippen LogP contribution in [0.25, 0.3) is 0 Å². The predicted octanol–water partition coefficient (Wildman–Crippen LogP) is 3.62. The second-order valence-corrected chi connectivity index (χ2v) is 6.50. The number of halogens is 1. The van der Waals surface area contributed by atoms with E-state index in [1.54, 1.807) is 13.1 Å². The van der Waals surface area contributed by atoms with Gasteiger partial charge in [-0.2, -0.15) is 0 Å². The van der Waals surface area contributed by atoms with Crippen molar-refractivity contribution in [2.24, 2.45) is 0 Å². The number of nitrogens with zero attached hydrogens (tertiary/aromatic N) is 1. The van der Waals surface area contributed by atoms with Gasteiger partial charge in [0.1, 0.15) is 5.75 Å². The van der Waals surface area contributed by atoms with Crippen molar-refractivity contribution in [1.29, 1.82) is 0 Å². The first-order valence-corrected chi connectivity index (χ1v) is 8.73. The molecule has 0 saturated carbocycles. The molecule has 5 nitrogen and oxygen atoms in total. The maximum absolute atomic E-state index is 12.1. The van der Waals surface area contributed by atoms with E-state index in [1.165, 1.54) is 4.90 Å². The SMILES string of the molecule is Cc1ccccc1OCCC(=O)N(C)CC(=O)Nc1ccccc1Br. The third-order valence-corrected chi connectivity index (χ3v) is 4.31. The molecule has 2 amide bonds. The van der Waals surface area contributed by atoms with E-state index in [-0.39, 0.29) is 31.4 Å². The van der Waals surface area contributed by atoms with Crippen molar-refractivity contribution in [1.82, 2.24) is 4.90 Å². The lowest BCUT2D eigenvalue weighted by atomic mass is 10.2. The molecule has 0 radical (unpaired) electrons. The van der Waals surface area contributed by atoms with Crippen molar-refractivity contribution in [2.45, 2.75) is 13.3 Å². The summed E-state index contributed by atoms with van der Waals surface area (Å²) in [5.41, 5.74) is 1.70. The van der Waals surface area contributed by atoms with Crippen LogP contribution in [-0.4, -0.2) is 36.9 Å². The van der Waals surface area contributed by atoms with Crippen molar-refractivity contribution < 1.29 is 14.3 Å². The lowest BCUT2D eigenvalue weighted by Gasteiger charge is -2.17. The number of anilines is 1. The zero-order chi connectivity index (χ0) is 18.2. The van der Waals surface area contributed by atoms with E-state index in [4.69, 9.17) is 4.74 Å². The number of amides is 2. The van der Waals surface area contributed by atoms with Crippen LogP contribution in [0.15, 0.2) is 53.0 Å². The zero-order valence-electron chi connectivity index (χ0n) is 14.3. The minimum absolute atomic E-state index is 0.00939. The molecule has 1 N–H and O–H groups in total. The van der Waals surface area contributed by atoms with Crippen LogP contribution in [0, 0.1) is 6.92 Å². The second-order valence-electron chi connectivity index (χ2n) is 5.64. The van der Waals surface area contributed by atoms with E-state index < -0.39 is 0 Å². The Balaban J connectivity index is 1.77. The van der Waals surface area contributed by atoms with Gasteiger partial charge in [-0.3, -0.25) is 9.59 Å². The highest BCUT2D eigenvalue weighted by Crippen LogP contribution is 2.21. The van der Waals surface area contributed by atoms with Crippen LogP contribution in [0.1, 0.15) is 12.0 Å². The number of carbonyl (C=O) groups is 2. The van der Waals surface area contributed by atoms with E-state index in [0.29, 0.717) is 5.69 Å². The Morgan fingerprint density at radius 1 is 1.12 bits per heavy atom. The first-order valence-electron chi connectivity index (χ1n) is 7.94. The molecule has 2 aromatic carbocycles. The molecule has 2 aromatic rings. The summed E-state index contributed by atoms with van der Waals surface area (Å²) in [5, 5.41) is 2.77. The second kappa shape index (κ2) is 9.22. The average molecular weight is 405 g/mol.